The molecule has 96 valence electrons. The highest BCUT2D eigenvalue weighted by Gasteiger charge is 2.19. The van der Waals surface area contributed by atoms with Crippen molar-refractivity contribution in [1.82, 2.24) is 4.90 Å². The molecule has 2 N–H and O–H groups in total. The Bertz CT molecular complexity index is 430. The highest BCUT2D eigenvalue weighted by molar-refractivity contribution is 5.36. The van der Waals surface area contributed by atoms with Crippen LogP contribution in [0.4, 0.5) is 0 Å². The maximum atomic E-state index is 9.46. The Kier molecular flexibility index (Phi) is 4.77. The molecule has 1 saturated heterocycles. The summed E-state index contributed by atoms with van der Waals surface area (Å²) in [4.78, 5) is 2.26. The summed E-state index contributed by atoms with van der Waals surface area (Å²) >= 11 is 0. The summed E-state index contributed by atoms with van der Waals surface area (Å²) in [6, 6.07) is 8.17. The van der Waals surface area contributed by atoms with Crippen LogP contribution < -0.4 is 0 Å². The van der Waals surface area contributed by atoms with E-state index in [1.54, 1.807) is 0 Å². The number of hydrogen-bond donors (Lipinski definition) is 2. The quantitative estimate of drug-likeness (QED) is 0.780. The molecule has 0 spiro atoms. The Morgan fingerprint density at radius 1 is 1.28 bits per heavy atom. The smallest absolute Gasteiger partial charge is 0.0679 e. The molecule has 0 aliphatic carbocycles. The molecule has 18 heavy (non-hydrogen) atoms. The first-order chi connectivity index (χ1) is 8.78. The predicted octanol–water partition coefficient (Wildman–Crippen LogP) is 0.987. The number of benzene rings is 1. The fourth-order valence-corrected chi connectivity index (χ4v) is 2.13. The molecule has 1 heterocycles. The standard InChI is InChI=1S/C15H19NO2/c17-10-2-1-3-13-4-6-14(7-5-13)11-16-9-8-15(18)12-16/h4-7,15,17-18H,2,8-12H2. The van der Waals surface area contributed by atoms with Gasteiger partial charge in [-0.05, 0) is 24.1 Å². The highest BCUT2D eigenvalue weighted by Crippen LogP contribution is 2.13. The lowest BCUT2D eigenvalue weighted by Crippen LogP contribution is -2.21. The molecule has 0 aromatic heterocycles. The van der Waals surface area contributed by atoms with Crippen molar-refractivity contribution in [2.75, 3.05) is 19.7 Å². The number of nitrogens with zero attached hydrogens (tertiary/aromatic N) is 1. The second-order valence-electron chi connectivity index (χ2n) is 4.65. The lowest BCUT2D eigenvalue weighted by Gasteiger charge is -2.14. The van der Waals surface area contributed by atoms with Crippen molar-refractivity contribution in [1.29, 1.82) is 0 Å². The van der Waals surface area contributed by atoms with Crippen LogP contribution in [0.2, 0.25) is 0 Å². The van der Waals surface area contributed by atoms with Gasteiger partial charge in [0, 0.05) is 31.6 Å². The molecule has 0 saturated carbocycles. The van der Waals surface area contributed by atoms with E-state index in [9.17, 15) is 5.11 Å². The first-order valence-corrected chi connectivity index (χ1v) is 6.37. The van der Waals surface area contributed by atoms with E-state index in [0.29, 0.717) is 6.42 Å². The van der Waals surface area contributed by atoms with Crippen molar-refractivity contribution in [2.45, 2.75) is 25.5 Å². The molecular formula is C15H19NO2. The minimum atomic E-state index is -0.159. The number of hydrogen-bond acceptors (Lipinski definition) is 3. The van der Waals surface area contributed by atoms with Gasteiger partial charge in [-0.1, -0.05) is 24.0 Å². The molecule has 1 fully saturated rings. The van der Waals surface area contributed by atoms with Crippen molar-refractivity contribution >= 4 is 0 Å². The third-order valence-corrected chi connectivity index (χ3v) is 3.08. The Morgan fingerprint density at radius 2 is 2.06 bits per heavy atom. The van der Waals surface area contributed by atoms with Crippen molar-refractivity contribution in [3.05, 3.63) is 35.4 Å². The van der Waals surface area contributed by atoms with E-state index in [0.717, 1.165) is 31.6 Å². The van der Waals surface area contributed by atoms with Crippen LogP contribution in [0.5, 0.6) is 0 Å². The maximum Gasteiger partial charge on any atom is 0.0679 e. The zero-order valence-electron chi connectivity index (χ0n) is 10.5. The summed E-state index contributed by atoms with van der Waals surface area (Å²) in [5.74, 6) is 5.92. The first kappa shape index (κ1) is 13.1. The van der Waals surface area contributed by atoms with E-state index in [1.807, 2.05) is 12.1 Å². The zero-order chi connectivity index (χ0) is 12.8. The van der Waals surface area contributed by atoms with Crippen LogP contribution in [-0.4, -0.2) is 40.9 Å². The molecule has 1 aliphatic rings. The van der Waals surface area contributed by atoms with Gasteiger partial charge >= 0.3 is 0 Å². The number of rotatable bonds is 3. The summed E-state index contributed by atoms with van der Waals surface area (Å²) in [6.07, 6.45) is 1.24. The summed E-state index contributed by atoms with van der Waals surface area (Å²) in [6.45, 7) is 2.75. The monoisotopic (exact) mass is 245 g/mol. The Balaban J connectivity index is 1.90. The van der Waals surface area contributed by atoms with Gasteiger partial charge in [0.25, 0.3) is 0 Å². The molecular weight excluding hydrogens is 226 g/mol. The van der Waals surface area contributed by atoms with Crippen LogP contribution in [0, 0.1) is 11.8 Å². The molecule has 1 aliphatic heterocycles. The van der Waals surface area contributed by atoms with E-state index >= 15 is 0 Å². The van der Waals surface area contributed by atoms with Crippen molar-refractivity contribution < 1.29 is 10.2 Å². The second kappa shape index (κ2) is 6.55. The van der Waals surface area contributed by atoms with Gasteiger partial charge in [-0.25, -0.2) is 0 Å². The van der Waals surface area contributed by atoms with Crippen molar-refractivity contribution in [3.8, 4) is 11.8 Å². The summed E-state index contributed by atoms with van der Waals surface area (Å²) in [5.41, 5.74) is 2.23. The Morgan fingerprint density at radius 3 is 2.67 bits per heavy atom. The van der Waals surface area contributed by atoms with Gasteiger partial charge in [-0.3, -0.25) is 4.90 Å². The Hall–Kier alpha value is -1.34. The van der Waals surface area contributed by atoms with Gasteiger partial charge in [0.15, 0.2) is 0 Å². The van der Waals surface area contributed by atoms with Crippen molar-refractivity contribution in [2.24, 2.45) is 0 Å². The average Bonchev–Trinajstić information content (AvgIpc) is 2.77. The van der Waals surface area contributed by atoms with Gasteiger partial charge in [-0.2, -0.15) is 0 Å². The van der Waals surface area contributed by atoms with Gasteiger partial charge < -0.3 is 10.2 Å². The molecule has 3 heteroatoms. The van der Waals surface area contributed by atoms with Gasteiger partial charge in [0.2, 0.25) is 0 Å². The number of likely N-dealkylation sites (tertiary alicyclic amines) is 1. The van der Waals surface area contributed by atoms with E-state index in [4.69, 9.17) is 5.11 Å². The number of aliphatic hydroxyl groups excluding tert-OH is 2. The third-order valence-electron chi connectivity index (χ3n) is 3.08. The third kappa shape index (κ3) is 3.85. The van der Waals surface area contributed by atoms with Crippen LogP contribution in [-0.2, 0) is 6.54 Å². The lowest BCUT2D eigenvalue weighted by atomic mass is 10.1. The fraction of sp³-hybridized carbons (Fsp3) is 0.467. The van der Waals surface area contributed by atoms with Crippen molar-refractivity contribution in [3.63, 3.8) is 0 Å². The van der Waals surface area contributed by atoms with Crippen LogP contribution in [0.25, 0.3) is 0 Å². The van der Waals surface area contributed by atoms with E-state index in [2.05, 4.69) is 28.9 Å². The minimum absolute atomic E-state index is 0.113. The highest BCUT2D eigenvalue weighted by atomic mass is 16.3. The molecule has 0 bridgehead atoms. The number of aliphatic hydroxyl groups is 2. The number of β-amino-alcohol motifs (C(OH)–C–C–N with tert-alkyl or cyclic N) is 1. The van der Waals surface area contributed by atoms with E-state index in [-0.39, 0.29) is 12.7 Å². The van der Waals surface area contributed by atoms with E-state index in [1.165, 1.54) is 5.56 Å². The van der Waals surface area contributed by atoms with Gasteiger partial charge in [-0.15, -0.1) is 0 Å². The molecule has 1 atom stereocenters. The maximum absolute atomic E-state index is 9.46. The summed E-state index contributed by atoms with van der Waals surface area (Å²) in [7, 11) is 0. The first-order valence-electron chi connectivity index (χ1n) is 6.37. The van der Waals surface area contributed by atoms with Gasteiger partial charge in [0.05, 0.1) is 12.7 Å². The molecule has 2 rings (SSSR count). The van der Waals surface area contributed by atoms with Crippen LogP contribution in [0.3, 0.4) is 0 Å². The molecule has 1 aromatic carbocycles. The minimum Gasteiger partial charge on any atom is -0.395 e. The molecule has 1 unspecified atom stereocenters. The van der Waals surface area contributed by atoms with Crippen LogP contribution in [0.1, 0.15) is 24.0 Å². The molecule has 1 aromatic rings. The summed E-state index contributed by atoms with van der Waals surface area (Å²) in [5, 5.41) is 18.1. The largest absolute Gasteiger partial charge is 0.395 e. The summed E-state index contributed by atoms with van der Waals surface area (Å²) < 4.78 is 0. The van der Waals surface area contributed by atoms with Crippen LogP contribution >= 0.6 is 0 Å². The van der Waals surface area contributed by atoms with Crippen LogP contribution in [0.15, 0.2) is 24.3 Å². The lowest BCUT2D eigenvalue weighted by molar-refractivity contribution is 0.175. The van der Waals surface area contributed by atoms with E-state index < -0.39 is 0 Å². The molecule has 0 radical (unpaired) electrons. The zero-order valence-corrected chi connectivity index (χ0v) is 10.5. The topological polar surface area (TPSA) is 43.7 Å². The fourth-order valence-electron chi connectivity index (χ4n) is 2.13. The second-order valence-corrected chi connectivity index (χ2v) is 4.65. The normalized spacial score (nSPS) is 19.6. The Labute approximate surface area is 108 Å². The SMILES string of the molecule is OCCC#Cc1ccc(CN2CCC(O)C2)cc1. The molecule has 3 nitrogen and oxygen atoms in total. The molecule has 0 amide bonds. The van der Waals surface area contributed by atoms with Gasteiger partial charge in [0.1, 0.15) is 0 Å². The average molecular weight is 245 g/mol. The predicted molar refractivity (Wildman–Crippen MR) is 70.9 cm³/mol.